The van der Waals surface area contributed by atoms with Crippen LogP contribution in [0.2, 0.25) is 0 Å². The topological polar surface area (TPSA) is 0 Å². The average molecular weight is 227 g/mol. The van der Waals surface area contributed by atoms with Crippen LogP contribution >= 0.6 is 0 Å². The Morgan fingerprint density at radius 2 is 1.12 bits per heavy atom. The molecule has 0 bridgehead atoms. The van der Waals surface area contributed by atoms with Crippen LogP contribution in [0.15, 0.2) is 0 Å². The third-order valence-corrected chi connectivity index (χ3v) is 0.214. The van der Waals surface area contributed by atoms with E-state index in [-0.39, 0.29) is 22.4 Å². The maximum atomic E-state index is 10.4. The van der Waals surface area contributed by atoms with Crippen molar-refractivity contribution in [1.29, 1.82) is 0 Å². The van der Waals surface area contributed by atoms with Gasteiger partial charge in [0.2, 0.25) is 0 Å². The van der Waals surface area contributed by atoms with E-state index in [9.17, 15) is 22.0 Å². The largest absolute Gasteiger partial charge is 1.00 e. The molecule has 0 saturated heterocycles. The van der Waals surface area contributed by atoms with Crippen molar-refractivity contribution in [3.63, 3.8) is 0 Å². The Labute approximate surface area is 57.6 Å². The Kier molecular flexibility index (Phi) is 4.80. The van der Waals surface area contributed by atoms with Gasteiger partial charge in [-0.1, -0.05) is 0 Å². The van der Waals surface area contributed by atoms with Crippen LogP contribution in [0.3, 0.4) is 0 Å². The molecular formula is C2AgF5. The molecule has 0 aromatic carbocycles. The summed E-state index contributed by atoms with van der Waals surface area (Å²) in [5.41, 5.74) is 0. The van der Waals surface area contributed by atoms with E-state index < -0.39 is 12.6 Å². The van der Waals surface area contributed by atoms with E-state index in [0.29, 0.717) is 0 Å². The van der Waals surface area contributed by atoms with Gasteiger partial charge in [0.25, 0.3) is 0 Å². The first-order valence-corrected chi connectivity index (χ1v) is 1.19. The van der Waals surface area contributed by atoms with Crippen LogP contribution in [0, 0.1) is 6.43 Å². The van der Waals surface area contributed by atoms with Crippen molar-refractivity contribution in [2.24, 2.45) is 0 Å². The average Bonchev–Trinajstić information content (AvgIpc) is 1.31. The Balaban J connectivity index is 0. The predicted molar refractivity (Wildman–Crippen MR) is 11.5 cm³/mol. The fourth-order valence-corrected chi connectivity index (χ4v) is 0. The molecule has 0 radical (unpaired) electrons. The number of hydrogen-bond acceptors (Lipinski definition) is 0. The van der Waals surface area contributed by atoms with Gasteiger partial charge in [0.1, 0.15) is 6.43 Å². The third kappa shape index (κ3) is 4.55. The molecule has 0 amide bonds. The summed E-state index contributed by atoms with van der Waals surface area (Å²) in [6.07, 6.45) is -8.92. The first-order valence-electron chi connectivity index (χ1n) is 1.19. The Morgan fingerprint density at radius 1 is 1.00 bits per heavy atom. The molecule has 0 N–H and O–H groups in total. The molecule has 0 saturated carbocycles. The first-order chi connectivity index (χ1) is 2.94. The summed E-state index contributed by atoms with van der Waals surface area (Å²) in [4.78, 5) is 0. The fraction of sp³-hybridized carbons (Fsp3) is 0.500. The van der Waals surface area contributed by atoms with E-state index in [0.717, 1.165) is 0 Å². The quantitative estimate of drug-likeness (QED) is 0.337. The summed E-state index contributed by atoms with van der Waals surface area (Å²) in [5.74, 6) is 0. The van der Waals surface area contributed by atoms with E-state index in [1.807, 2.05) is 0 Å². The molecule has 0 spiro atoms. The molecule has 0 aromatic heterocycles. The minimum atomic E-state index is -5.42. The molecule has 0 unspecified atom stereocenters. The smallest absolute Gasteiger partial charge is 0.412 e. The minimum absolute atomic E-state index is 0. The molecule has 8 heavy (non-hydrogen) atoms. The molecule has 6 heteroatoms. The second-order valence-corrected chi connectivity index (χ2v) is 0.758. The van der Waals surface area contributed by atoms with Crippen LogP contribution in [0.4, 0.5) is 22.0 Å². The zero-order valence-corrected chi connectivity index (χ0v) is 4.67. The summed E-state index contributed by atoms with van der Waals surface area (Å²) in [6.45, 7) is 0. The van der Waals surface area contributed by atoms with E-state index in [2.05, 4.69) is 0 Å². The summed E-state index contributed by atoms with van der Waals surface area (Å²) in [6, 6.07) is 0. The van der Waals surface area contributed by atoms with Crippen molar-refractivity contribution in [3.05, 3.63) is 6.43 Å². The maximum Gasteiger partial charge on any atom is 1.00 e. The molecule has 0 nitrogen and oxygen atoms in total. The van der Waals surface area contributed by atoms with Gasteiger partial charge in [0.05, 0.1) is 0 Å². The second-order valence-electron chi connectivity index (χ2n) is 0.758. The third-order valence-electron chi connectivity index (χ3n) is 0.214. The molecule has 0 aromatic rings. The maximum absolute atomic E-state index is 10.4. The van der Waals surface area contributed by atoms with Gasteiger partial charge in [-0.25, -0.2) is 13.2 Å². The molecule has 0 aliphatic carbocycles. The fourth-order valence-electron chi connectivity index (χ4n) is 0. The van der Waals surface area contributed by atoms with Crippen LogP contribution in [0.1, 0.15) is 0 Å². The normalized spacial score (nSPS) is 11.2. The van der Waals surface area contributed by atoms with Crippen LogP contribution < -0.4 is 0 Å². The van der Waals surface area contributed by atoms with Gasteiger partial charge in [0.15, 0.2) is 0 Å². The molecule has 0 heterocycles. The zero-order chi connectivity index (χ0) is 6.08. The van der Waals surface area contributed by atoms with Crippen molar-refractivity contribution in [2.75, 3.05) is 0 Å². The number of alkyl halides is 3. The molecule has 0 atom stereocenters. The summed E-state index contributed by atoms with van der Waals surface area (Å²) < 4.78 is 51.8. The first kappa shape index (κ1) is 11.2. The molecule has 0 rings (SSSR count). The second kappa shape index (κ2) is 3.42. The summed E-state index contributed by atoms with van der Waals surface area (Å²) in [5, 5.41) is 0. The molecule has 0 aliphatic rings. The molecular weight excluding hydrogens is 227 g/mol. The van der Waals surface area contributed by atoms with Gasteiger partial charge < -0.3 is 8.78 Å². The van der Waals surface area contributed by atoms with Gasteiger partial charge >= 0.3 is 28.6 Å². The van der Waals surface area contributed by atoms with Crippen LogP contribution in [-0.4, -0.2) is 6.18 Å². The van der Waals surface area contributed by atoms with Crippen LogP contribution in [0.25, 0.3) is 0 Å². The SMILES string of the molecule is F[C-](F)C(F)(F)F.[Ag+]. The van der Waals surface area contributed by atoms with Gasteiger partial charge in [-0.2, -0.15) is 0 Å². The predicted octanol–water partition coefficient (Wildman–Crippen LogP) is 1.97. The summed E-state index contributed by atoms with van der Waals surface area (Å²) >= 11 is 0. The van der Waals surface area contributed by atoms with E-state index >= 15 is 0 Å². The van der Waals surface area contributed by atoms with Crippen molar-refractivity contribution in [3.8, 4) is 0 Å². The van der Waals surface area contributed by atoms with Gasteiger partial charge in [-0.15, -0.1) is 0 Å². The minimum Gasteiger partial charge on any atom is -0.412 e. The Hall–Kier alpha value is 0.390. The van der Waals surface area contributed by atoms with Gasteiger partial charge in [-0.3, -0.25) is 0 Å². The van der Waals surface area contributed by atoms with Gasteiger partial charge in [0, 0.05) is 0 Å². The van der Waals surface area contributed by atoms with Crippen molar-refractivity contribution in [1.82, 2.24) is 0 Å². The van der Waals surface area contributed by atoms with Crippen LogP contribution in [0.5, 0.6) is 0 Å². The Morgan fingerprint density at radius 3 is 1.12 bits per heavy atom. The van der Waals surface area contributed by atoms with Crippen molar-refractivity contribution >= 4 is 0 Å². The van der Waals surface area contributed by atoms with E-state index in [1.165, 1.54) is 0 Å². The van der Waals surface area contributed by atoms with E-state index in [1.54, 1.807) is 0 Å². The number of rotatable bonds is 0. The zero-order valence-electron chi connectivity index (χ0n) is 3.19. The number of hydrogen-bond donors (Lipinski definition) is 0. The molecule has 54 valence electrons. The summed E-state index contributed by atoms with van der Waals surface area (Å²) in [7, 11) is 0. The van der Waals surface area contributed by atoms with Crippen LogP contribution in [-0.2, 0) is 22.4 Å². The Bertz CT molecular complexity index is 55.9. The van der Waals surface area contributed by atoms with Gasteiger partial charge in [-0.05, 0) is 0 Å². The number of halogens is 5. The van der Waals surface area contributed by atoms with Crippen molar-refractivity contribution in [2.45, 2.75) is 6.18 Å². The standard InChI is InChI=1S/C2F5.Ag/c3-1(4)2(5,6)7;/q-1;+1. The molecule has 0 fully saturated rings. The molecule has 0 aliphatic heterocycles. The monoisotopic (exact) mass is 226 g/mol. The van der Waals surface area contributed by atoms with Crippen molar-refractivity contribution < 1.29 is 44.3 Å². The van der Waals surface area contributed by atoms with E-state index in [4.69, 9.17) is 0 Å².